The van der Waals surface area contributed by atoms with Crippen molar-refractivity contribution in [2.45, 2.75) is 26.4 Å². The third-order valence-electron chi connectivity index (χ3n) is 3.02. The van der Waals surface area contributed by atoms with Crippen LogP contribution in [0, 0.1) is 0 Å². The van der Waals surface area contributed by atoms with Crippen LogP contribution in [0.1, 0.15) is 35.7 Å². The summed E-state index contributed by atoms with van der Waals surface area (Å²) in [5.41, 5.74) is 8.04. The molecule has 2 rings (SSSR count). The van der Waals surface area contributed by atoms with E-state index in [2.05, 4.69) is 0 Å². The Hall–Kier alpha value is -2.29. The third kappa shape index (κ3) is 3.60. The first kappa shape index (κ1) is 14.1. The van der Waals surface area contributed by atoms with Crippen LogP contribution in [0.2, 0.25) is 0 Å². The molecule has 0 heterocycles. The summed E-state index contributed by atoms with van der Waals surface area (Å²) in [5.74, 6) is 0.655. The third-order valence-corrected chi connectivity index (χ3v) is 3.02. The molecule has 2 aromatic rings. The van der Waals surface area contributed by atoms with Gasteiger partial charge in [-0.1, -0.05) is 37.3 Å². The Labute approximate surface area is 119 Å². The van der Waals surface area contributed by atoms with Gasteiger partial charge in [0.25, 0.3) is 0 Å². The Morgan fingerprint density at radius 1 is 1.15 bits per heavy atom. The molecule has 0 saturated carbocycles. The SMILES string of the molecule is CCCC(=O)c1ccc(N)cc1OCc1ccccc1. The first-order valence-corrected chi connectivity index (χ1v) is 6.80. The van der Waals surface area contributed by atoms with Gasteiger partial charge in [-0.3, -0.25) is 4.79 Å². The van der Waals surface area contributed by atoms with E-state index in [1.807, 2.05) is 37.3 Å². The molecule has 2 N–H and O–H groups in total. The van der Waals surface area contributed by atoms with Crippen LogP contribution in [0.15, 0.2) is 48.5 Å². The molecule has 0 aliphatic rings. The highest BCUT2D eigenvalue weighted by Gasteiger charge is 2.12. The number of benzene rings is 2. The minimum atomic E-state index is 0.0931. The Balaban J connectivity index is 2.17. The summed E-state index contributed by atoms with van der Waals surface area (Å²) in [6.45, 7) is 2.41. The van der Waals surface area contributed by atoms with Crippen LogP contribution < -0.4 is 10.5 Å². The number of ketones is 1. The van der Waals surface area contributed by atoms with E-state index in [0.29, 0.717) is 30.0 Å². The number of hydrogen-bond donors (Lipinski definition) is 1. The first-order chi connectivity index (χ1) is 9.70. The van der Waals surface area contributed by atoms with Gasteiger partial charge < -0.3 is 10.5 Å². The highest BCUT2D eigenvalue weighted by atomic mass is 16.5. The number of rotatable bonds is 6. The number of ether oxygens (including phenoxy) is 1. The van der Waals surface area contributed by atoms with E-state index < -0.39 is 0 Å². The van der Waals surface area contributed by atoms with Crippen molar-refractivity contribution in [1.29, 1.82) is 0 Å². The number of nitrogen functional groups attached to an aromatic ring is 1. The van der Waals surface area contributed by atoms with Crippen LogP contribution in [-0.4, -0.2) is 5.78 Å². The van der Waals surface area contributed by atoms with Gasteiger partial charge in [0, 0.05) is 18.2 Å². The maximum atomic E-state index is 12.1. The van der Waals surface area contributed by atoms with E-state index in [1.165, 1.54) is 0 Å². The van der Waals surface area contributed by atoms with Crippen molar-refractivity contribution in [3.63, 3.8) is 0 Å². The van der Waals surface area contributed by atoms with E-state index in [9.17, 15) is 4.79 Å². The summed E-state index contributed by atoms with van der Waals surface area (Å²) >= 11 is 0. The van der Waals surface area contributed by atoms with E-state index in [-0.39, 0.29) is 5.78 Å². The molecule has 0 spiro atoms. The van der Waals surface area contributed by atoms with Gasteiger partial charge >= 0.3 is 0 Å². The lowest BCUT2D eigenvalue weighted by Crippen LogP contribution is -2.05. The smallest absolute Gasteiger partial charge is 0.166 e. The zero-order valence-corrected chi connectivity index (χ0v) is 11.6. The van der Waals surface area contributed by atoms with Crippen molar-refractivity contribution >= 4 is 11.5 Å². The fourth-order valence-electron chi connectivity index (χ4n) is 1.99. The number of nitrogens with two attached hydrogens (primary N) is 1. The van der Waals surface area contributed by atoms with Gasteiger partial charge in [-0.25, -0.2) is 0 Å². The average molecular weight is 269 g/mol. The number of carbonyl (C=O) groups is 1. The second-order valence-corrected chi connectivity index (χ2v) is 4.70. The largest absolute Gasteiger partial charge is 0.488 e. The van der Waals surface area contributed by atoms with Gasteiger partial charge in [-0.2, -0.15) is 0 Å². The minimum absolute atomic E-state index is 0.0931. The van der Waals surface area contributed by atoms with Crippen LogP contribution in [0.4, 0.5) is 5.69 Å². The van der Waals surface area contributed by atoms with E-state index in [0.717, 1.165) is 12.0 Å². The van der Waals surface area contributed by atoms with Gasteiger partial charge in [0.2, 0.25) is 0 Å². The fourth-order valence-corrected chi connectivity index (χ4v) is 1.99. The molecule has 0 saturated heterocycles. The molecule has 3 heteroatoms. The van der Waals surface area contributed by atoms with E-state index in [4.69, 9.17) is 10.5 Å². The van der Waals surface area contributed by atoms with Crippen molar-refractivity contribution in [3.8, 4) is 5.75 Å². The molecule has 0 unspecified atom stereocenters. The predicted molar refractivity (Wildman–Crippen MR) is 80.9 cm³/mol. The fraction of sp³-hybridized carbons (Fsp3) is 0.235. The standard InChI is InChI=1S/C17H19NO2/c1-2-6-16(19)15-10-9-14(18)11-17(15)20-12-13-7-4-3-5-8-13/h3-5,7-11H,2,6,12,18H2,1H3. The van der Waals surface area contributed by atoms with Gasteiger partial charge in [-0.05, 0) is 24.1 Å². The molecule has 0 fully saturated rings. The van der Waals surface area contributed by atoms with Crippen LogP contribution in [-0.2, 0) is 6.61 Å². The van der Waals surface area contributed by atoms with Crippen LogP contribution in [0.5, 0.6) is 5.75 Å². The van der Waals surface area contributed by atoms with Crippen LogP contribution in [0.25, 0.3) is 0 Å². The number of carbonyl (C=O) groups excluding carboxylic acids is 1. The van der Waals surface area contributed by atoms with Gasteiger partial charge in [0.05, 0.1) is 5.56 Å². The molecular formula is C17H19NO2. The maximum absolute atomic E-state index is 12.1. The van der Waals surface area contributed by atoms with Crippen molar-refractivity contribution in [2.75, 3.05) is 5.73 Å². The molecule has 0 aliphatic carbocycles. The molecule has 0 radical (unpaired) electrons. The van der Waals surface area contributed by atoms with Crippen molar-refractivity contribution in [3.05, 3.63) is 59.7 Å². The zero-order chi connectivity index (χ0) is 14.4. The van der Waals surface area contributed by atoms with Gasteiger partial charge in [0.15, 0.2) is 5.78 Å². The maximum Gasteiger partial charge on any atom is 0.166 e. The summed E-state index contributed by atoms with van der Waals surface area (Å²) in [7, 11) is 0. The van der Waals surface area contributed by atoms with Crippen molar-refractivity contribution in [1.82, 2.24) is 0 Å². The Morgan fingerprint density at radius 2 is 1.90 bits per heavy atom. The first-order valence-electron chi connectivity index (χ1n) is 6.80. The number of Topliss-reactive ketones (excluding diaryl/α,β-unsaturated/α-hetero) is 1. The molecule has 104 valence electrons. The summed E-state index contributed by atoms with van der Waals surface area (Å²) in [4.78, 5) is 12.1. The highest BCUT2D eigenvalue weighted by Crippen LogP contribution is 2.24. The molecular weight excluding hydrogens is 250 g/mol. The van der Waals surface area contributed by atoms with Crippen molar-refractivity contribution in [2.24, 2.45) is 0 Å². The summed E-state index contributed by atoms with van der Waals surface area (Å²) in [6, 6.07) is 15.0. The number of anilines is 1. The Bertz CT molecular complexity index is 579. The van der Waals surface area contributed by atoms with Gasteiger partial charge in [-0.15, -0.1) is 0 Å². The second-order valence-electron chi connectivity index (χ2n) is 4.70. The molecule has 0 aromatic heterocycles. The summed E-state index contributed by atoms with van der Waals surface area (Å²) < 4.78 is 5.77. The number of hydrogen-bond acceptors (Lipinski definition) is 3. The van der Waals surface area contributed by atoms with E-state index >= 15 is 0 Å². The molecule has 0 amide bonds. The summed E-state index contributed by atoms with van der Waals surface area (Å²) in [5, 5.41) is 0. The lowest BCUT2D eigenvalue weighted by molar-refractivity contribution is 0.0977. The monoisotopic (exact) mass is 269 g/mol. The summed E-state index contributed by atoms with van der Waals surface area (Å²) in [6.07, 6.45) is 1.34. The molecule has 20 heavy (non-hydrogen) atoms. The van der Waals surface area contributed by atoms with Crippen molar-refractivity contribution < 1.29 is 9.53 Å². The lowest BCUT2D eigenvalue weighted by Gasteiger charge is -2.11. The minimum Gasteiger partial charge on any atom is -0.488 e. The normalized spacial score (nSPS) is 10.2. The lowest BCUT2D eigenvalue weighted by atomic mass is 10.1. The van der Waals surface area contributed by atoms with E-state index in [1.54, 1.807) is 18.2 Å². The molecule has 0 aliphatic heterocycles. The second kappa shape index (κ2) is 6.75. The van der Waals surface area contributed by atoms with Crippen LogP contribution in [0.3, 0.4) is 0 Å². The topological polar surface area (TPSA) is 52.3 Å². The van der Waals surface area contributed by atoms with Crippen LogP contribution >= 0.6 is 0 Å². The molecule has 0 atom stereocenters. The quantitative estimate of drug-likeness (QED) is 0.640. The van der Waals surface area contributed by atoms with Gasteiger partial charge in [0.1, 0.15) is 12.4 Å². The highest BCUT2D eigenvalue weighted by molar-refractivity contribution is 5.99. The zero-order valence-electron chi connectivity index (χ0n) is 11.6. The average Bonchev–Trinajstić information content (AvgIpc) is 2.46. The molecule has 3 nitrogen and oxygen atoms in total. The molecule has 0 bridgehead atoms. The molecule has 2 aromatic carbocycles. The Morgan fingerprint density at radius 3 is 2.60 bits per heavy atom. The Kier molecular flexibility index (Phi) is 4.77. The predicted octanol–water partition coefficient (Wildman–Crippen LogP) is 3.83.